The third-order valence-electron chi connectivity index (χ3n) is 2.11. The van der Waals surface area contributed by atoms with Crippen molar-refractivity contribution in [2.45, 2.75) is 38.8 Å². The van der Waals surface area contributed by atoms with E-state index < -0.39 is 12.6 Å². The Hall–Kier alpha value is -1.06. The number of pyridine rings is 1. The van der Waals surface area contributed by atoms with Gasteiger partial charge in [0, 0.05) is 12.4 Å². The maximum Gasteiger partial charge on any atom is 0.393 e. The van der Waals surface area contributed by atoms with Crippen LogP contribution >= 0.6 is 0 Å². The molecule has 0 aromatic carbocycles. The van der Waals surface area contributed by atoms with Crippen molar-refractivity contribution in [2.75, 3.05) is 0 Å². The number of alkyl halides is 3. The van der Waals surface area contributed by atoms with E-state index in [0.29, 0.717) is 11.1 Å². The molecule has 84 valence electrons. The van der Waals surface area contributed by atoms with Crippen molar-refractivity contribution in [1.82, 2.24) is 4.98 Å². The molecule has 0 saturated heterocycles. The van der Waals surface area contributed by atoms with Gasteiger partial charge in [0.25, 0.3) is 0 Å². The third kappa shape index (κ3) is 3.53. The molecule has 1 aromatic heterocycles. The monoisotopic (exact) mass is 217 g/mol. The number of rotatable bonds is 1. The topological polar surface area (TPSA) is 12.9 Å². The highest BCUT2D eigenvalue weighted by molar-refractivity contribution is 5.30. The lowest BCUT2D eigenvalue weighted by molar-refractivity contribution is -0.127. The van der Waals surface area contributed by atoms with E-state index in [4.69, 9.17) is 0 Å². The van der Waals surface area contributed by atoms with Crippen LogP contribution in [0.1, 0.15) is 31.9 Å². The highest BCUT2D eigenvalue weighted by atomic mass is 19.4. The molecular formula is C11H14F3N. The van der Waals surface area contributed by atoms with Crippen molar-refractivity contribution in [3.05, 3.63) is 29.6 Å². The van der Waals surface area contributed by atoms with Crippen LogP contribution in [0.5, 0.6) is 0 Å². The van der Waals surface area contributed by atoms with Crippen LogP contribution in [0.25, 0.3) is 0 Å². The van der Waals surface area contributed by atoms with E-state index in [1.807, 2.05) is 20.8 Å². The molecule has 0 bridgehead atoms. The molecule has 4 heteroatoms. The predicted molar refractivity (Wildman–Crippen MR) is 52.7 cm³/mol. The van der Waals surface area contributed by atoms with Gasteiger partial charge in [-0.1, -0.05) is 20.8 Å². The van der Waals surface area contributed by atoms with Gasteiger partial charge in [0.2, 0.25) is 0 Å². The lowest BCUT2D eigenvalue weighted by Crippen LogP contribution is -2.19. The summed E-state index contributed by atoms with van der Waals surface area (Å²) in [7, 11) is 0. The zero-order chi connectivity index (χ0) is 11.7. The molecule has 0 unspecified atom stereocenters. The van der Waals surface area contributed by atoms with E-state index in [9.17, 15) is 13.2 Å². The fourth-order valence-corrected chi connectivity index (χ4v) is 1.47. The molecule has 1 nitrogen and oxygen atoms in total. The van der Waals surface area contributed by atoms with Gasteiger partial charge in [-0.25, -0.2) is 0 Å². The van der Waals surface area contributed by atoms with E-state index >= 15 is 0 Å². The zero-order valence-corrected chi connectivity index (χ0v) is 9.02. The molecule has 0 aliphatic heterocycles. The summed E-state index contributed by atoms with van der Waals surface area (Å²) in [5, 5.41) is 0. The fraction of sp³-hybridized carbons (Fsp3) is 0.545. The average molecular weight is 217 g/mol. The van der Waals surface area contributed by atoms with Gasteiger partial charge in [0.15, 0.2) is 0 Å². The van der Waals surface area contributed by atoms with Crippen molar-refractivity contribution in [2.24, 2.45) is 0 Å². The average Bonchev–Trinajstić information content (AvgIpc) is 1.99. The van der Waals surface area contributed by atoms with Crippen molar-refractivity contribution < 1.29 is 13.2 Å². The second-order valence-corrected chi connectivity index (χ2v) is 4.57. The minimum atomic E-state index is -4.17. The van der Waals surface area contributed by atoms with Crippen molar-refractivity contribution >= 4 is 0 Å². The molecule has 0 fully saturated rings. The molecule has 0 N–H and O–H groups in total. The fourth-order valence-electron chi connectivity index (χ4n) is 1.47. The zero-order valence-electron chi connectivity index (χ0n) is 9.02. The lowest BCUT2D eigenvalue weighted by Gasteiger charge is -2.22. The van der Waals surface area contributed by atoms with Crippen molar-refractivity contribution in [3.8, 4) is 0 Å². The molecule has 0 spiro atoms. The Morgan fingerprint density at radius 3 is 2.27 bits per heavy atom. The summed E-state index contributed by atoms with van der Waals surface area (Å²) < 4.78 is 36.9. The summed E-state index contributed by atoms with van der Waals surface area (Å²) in [6.07, 6.45) is -2.14. The standard InChI is InChI=1S/C11H14F3N/c1-10(2,3)9-7-15-5-4-8(9)6-11(12,13)14/h4-5,7H,6H2,1-3H3. The summed E-state index contributed by atoms with van der Waals surface area (Å²) in [4.78, 5) is 3.87. The summed E-state index contributed by atoms with van der Waals surface area (Å²) in [6, 6.07) is 1.44. The molecule has 0 atom stereocenters. The Balaban J connectivity index is 3.08. The Bertz CT molecular complexity index is 336. The maximum absolute atomic E-state index is 12.3. The lowest BCUT2D eigenvalue weighted by atomic mass is 9.84. The molecule has 0 amide bonds. The van der Waals surface area contributed by atoms with E-state index in [0.717, 1.165) is 0 Å². The van der Waals surface area contributed by atoms with E-state index in [1.165, 1.54) is 18.5 Å². The quantitative estimate of drug-likeness (QED) is 0.701. The van der Waals surface area contributed by atoms with Gasteiger partial charge in [0.05, 0.1) is 6.42 Å². The first kappa shape index (κ1) is 12.0. The first-order valence-electron chi connectivity index (χ1n) is 4.70. The minimum Gasteiger partial charge on any atom is -0.264 e. The van der Waals surface area contributed by atoms with Gasteiger partial charge in [-0.05, 0) is 22.6 Å². The van der Waals surface area contributed by atoms with Crippen LogP contribution in [-0.2, 0) is 11.8 Å². The molecular weight excluding hydrogens is 203 g/mol. The van der Waals surface area contributed by atoms with E-state index in [-0.39, 0.29) is 5.41 Å². The molecule has 1 heterocycles. The van der Waals surface area contributed by atoms with Gasteiger partial charge in [0.1, 0.15) is 0 Å². The molecule has 0 saturated carbocycles. The van der Waals surface area contributed by atoms with Crippen LogP contribution in [0, 0.1) is 0 Å². The SMILES string of the molecule is CC(C)(C)c1cnccc1CC(F)(F)F. The second kappa shape index (κ2) is 3.83. The normalized spacial score (nSPS) is 12.9. The molecule has 0 radical (unpaired) electrons. The third-order valence-corrected chi connectivity index (χ3v) is 2.11. The van der Waals surface area contributed by atoms with Crippen molar-refractivity contribution in [1.29, 1.82) is 0 Å². The number of hydrogen-bond acceptors (Lipinski definition) is 1. The number of nitrogens with zero attached hydrogens (tertiary/aromatic N) is 1. The summed E-state index contributed by atoms with van der Waals surface area (Å²) in [5.74, 6) is 0. The highest BCUT2D eigenvalue weighted by Gasteiger charge is 2.30. The molecule has 0 aliphatic carbocycles. The molecule has 1 rings (SSSR count). The first-order chi connectivity index (χ1) is 6.70. The van der Waals surface area contributed by atoms with E-state index in [2.05, 4.69) is 4.98 Å². The van der Waals surface area contributed by atoms with Crippen LogP contribution in [-0.4, -0.2) is 11.2 Å². The van der Waals surface area contributed by atoms with Gasteiger partial charge < -0.3 is 0 Å². The van der Waals surface area contributed by atoms with Crippen LogP contribution in [0.2, 0.25) is 0 Å². The predicted octanol–water partition coefficient (Wildman–Crippen LogP) is 3.48. The van der Waals surface area contributed by atoms with Crippen LogP contribution < -0.4 is 0 Å². The molecule has 15 heavy (non-hydrogen) atoms. The second-order valence-electron chi connectivity index (χ2n) is 4.57. The number of aromatic nitrogens is 1. The van der Waals surface area contributed by atoms with Crippen LogP contribution in [0.4, 0.5) is 13.2 Å². The first-order valence-corrected chi connectivity index (χ1v) is 4.70. The Morgan fingerprint density at radius 1 is 1.20 bits per heavy atom. The smallest absolute Gasteiger partial charge is 0.264 e. The number of hydrogen-bond donors (Lipinski definition) is 0. The Labute approximate surface area is 87.3 Å². The van der Waals surface area contributed by atoms with Gasteiger partial charge in [-0.2, -0.15) is 13.2 Å². The molecule has 1 aromatic rings. The van der Waals surface area contributed by atoms with E-state index in [1.54, 1.807) is 0 Å². The largest absolute Gasteiger partial charge is 0.393 e. The summed E-state index contributed by atoms with van der Waals surface area (Å²) in [6.45, 7) is 5.64. The summed E-state index contributed by atoms with van der Waals surface area (Å²) in [5.41, 5.74) is 0.654. The summed E-state index contributed by atoms with van der Waals surface area (Å²) >= 11 is 0. The van der Waals surface area contributed by atoms with Crippen LogP contribution in [0.15, 0.2) is 18.5 Å². The van der Waals surface area contributed by atoms with Gasteiger partial charge in [-0.3, -0.25) is 4.98 Å². The van der Waals surface area contributed by atoms with Gasteiger partial charge >= 0.3 is 6.18 Å². The highest BCUT2D eigenvalue weighted by Crippen LogP contribution is 2.29. The maximum atomic E-state index is 12.3. The minimum absolute atomic E-state index is 0.310. The molecule has 0 aliphatic rings. The van der Waals surface area contributed by atoms with Gasteiger partial charge in [-0.15, -0.1) is 0 Å². The van der Waals surface area contributed by atoms with Crippen LogP contribution in [0.3, 0.4) is 0 Å². The van der Waals surface area contributed by atoms with Crippen molar-refractivity contribution in [3.63, 3.8) is 0 Å². The Morgan fingerprint density at radius 2 is 1.80 bits per heavy atom. The Kier molecular flexibility index (Phi) is 3.07. The number of halogens is 3.